The third kappa shape index (κ3) is 4.40. The van der Waals surface area contributed by atoms with E-state index in [4.69, 9.17) is 9.72 Å². The number of benzene rings is 1. The number of nitrogens with one attached hydrogen (secondary N) is 1. The highest BCUT2D eigenvalue weighted by Gasteiger charge is 2.31. The monoisotopic (exact) mass is 398 g/mol. The SMILES string of the molecule is CCC(Oc1ccccc1F)C(=O)N1CCCC(c2ncc3c(n2)CCNC3)C1. The van der Waals surface area contributed by atoms with Crippen molar-refractivity contribution in [2.45, 2.75) is 51.2 Å². The number of para-hydroxylation sites is 1. The molecular weight excluding hydrogens is 371 g/mol. The third-order valence-corrected chi connectivity index (χ3v) is 5.68. The lowest BCUT2D eigenvalue weighted by Crippen LogP contribution is -2.46. The Morgan fingerprint density at radius 3 is 3.10 bits per heavy atom. The van der Waals surface area contributed by atoms with Crippen molar-refractivity contribution in [3.05, 3.63) is 53.4 Å². The van der Waals surface area contributed by atoms with Gasteiger partial charge < -0.3 is 15.0 Å². The van der Waals surface area contributed by atoms with Gasteiger partial charge >= 0.3 is 0 Å². The zero-order valence-electron chi connectivity index (χ0n) is 16.7. The molecule has 6 nitrogen and oxygen atoms in total. The first kappa shape index (κ1) is 19.8. The first-order valence-electron chi connectivity index (χ1n) is 10.4. The number of carbonyl (C=O) groups is 1. The molecule has 0 bridgehead atoms. The van der Waals surface area contributed by atoms with Gasteiger partial charge in [0.05, 0.1) is 0 Å². The Morgan fingerprint density at radius 2 is 2.28 bits per heavy atom. The molecule has 2 unspecified atom stereocenters. The van der Waals surface area contributed by atoms with Gasteiger partial charge in [-0.05, 0) is 31.4 Å². The van der Waals surface area contributed by atoms with Gasteiger partial charge in [0, 0.05) is 56.0 Å². The quantitative estimate of drug-likeness (QED) is 0.839. The van der Waals surface area contributed by atoms with E-state index in [1.165, 1.54) is 6.07 Å². The van der Waals surface area contributed by atoms with Crippen molar-refractivity contribution in [1.82, 2.24) is 20.2 Å². The molecule has 0 spiro atoms. The van der Waals surface area contributed by atoms with Crippen LogP contribution in [0, 0.1) is 5.82 Å². The van der Waals surface area contributed by atoms with Crippen molar-refractivity contribution in [3.8, 4) is 5.75 Å². The molecule has 1 aromatic carbocycles. The summed E-state index contributed by atoms with van der Waals surface area (Å²) in [5.41, 5.74) is 2.28. The van der Waals surface area contributed by atoms with E-state index in [2.05, 4.69) is 10.3 Å². The number of hydrogen-bond acceptors (Lipinski definition) is 5. The fourth-order valence-electron chi connectivity index (χ4n) is 4.04. The van der Waals surface area contributed by atoms with Gasteiger partial charge in [0.2, 0.25) is 0 Å². The van der Waals surface area contributed by atoms with Crippen LogP contribution < -0.4 is 10.1 Å². The molecule has 0 aliphatic carbocycles. The number of hydrogen-bond donors (Lipinski definition) is 1. The lowest BCUT2D eigenvalue weighted by atomic mass is 9.96. The van der Waals surface area contributed by atoms with Gasteiger partial charge in [-0.3, -0.25) is 4.79 Å². The summed E-state index contributed by atoms with van der Waals surface area (Å²) in [6, 6.07) is 6.21. The topological polar surface area (TPSA) is 67.3 Å². The van der Waals surface area contributed by atoms with Gasteiger partial charge in [0.15, 0.2) is 17.7 Å². The van der Waals surface area contributed by atoms with Crippen molar-refractivity contribution < 1.29 is 13.9 Å². The first-order chi connectivity index (χ1) is 14.2. The fraction of sp³-hybridized carbons (Fsp3) is 0.500. The number of piperidine rings is 1. The molecule has 154 valence electrons. The van der Waals surface area contributed by atoms with Gasteiger partial charge in [-0.15, -0.1) is 0 Å². The predicted molar refractivity (Wildman–Crippen MR) is 107 cm³/mol. The van der Waals surface area contributed by atoms with Gasteiger partial charge in [0.1, 0.15) is 5.82 Å². The van der Waals surface area contributed by atoms with Crippen LogP contribution in [0.2, 0.25) is 0 Å². The number of ether oxygens (including phenoxy) is 1. The maximum Gasteiger partial charge on any atom is 0.263 e. The van der Waals surface area contributed by atoms with Crippen LogP contribution in [0.1, 0.15) is 49.2 Å². The first-order valence-corrected chi connectivity index (χ1v) is 10.4. The Morgan fingerprint density at radius 1 is 1.41 bits per heavy atom. The normalized spacial score (nSPS) is 20.1. The van der Waals surface area contributed by atoms with Gasteiger partial charge in [-0.25, -0.2) is 14.4 Å². The van der Waals surface area contributed by atoms with E-state index in [9.17, 15) is 9.18 Å². The molecule has 0 saturated carbocycles. The van der Waals surface area contributed by atoms with E-state index in [0.29, 0.717) is 19.5 Å². The average molecular weight is 398 g/mol. The van der Waals surface area contributed by atoms with Crippen molar-refractivity contribution in [1.29, 1.82) is 0 Å². The van der Waals surface area contributed by atoms with E-state index in [1.54, 1.807) is 18.2 Å². The molecule has 2 aromatic rings. The second-order valence-electron chi connectivity index (χ2n) is 7.70. The Labute approximate surface area is 170 Å². The second-order valence-corrected chi connectivity index (χ2v) is 7.70. The van der Waals surface area contributed by atoms with Crippen molar-refractivity contribution in [2.75, 3.05) is 19.6 Å². The Balaban J connectivity index is 1.45. The summed E-state index contributed by atoms with van der Waals surface area (Å²) in [4.78, 5) is 24.3. The number of fused-ring (bicyclic) bond motifs is 1. The maximum atomic E-state index is 13.9. The van der Waals surface area contributed by atoms with Crippen LogP contribution >= 0.6 is 0 Å². The summed E-state index contributed by atoms with van der Waals surface area (Å²) < 4.78 is 19.7. The minimum absolute atomic E-state index is 0.0948. The third-order valence-electron chi connectivity index (χ3n) is 5.68. The Bertz CT molecular complexity index is 876. The second kappa shape index (κ2) is 8.86. The minimum atomic E-state index is -0.693. The number of nitrogens with zero attached hydrogens (tertiary/aromatic N) is 3. The molecular formula is C22H27FN4O2. The molecule has 1 fully saturated rings. The number of rotatable bonds is 5. The van der Waals surface area contributed by atoms with Crippen LogP contribution in [0.5, 0.6) is 5.75 Å². The summed E-state index contributed by atoms with van der Waals surface area (Å²) >= 11 is 0. The molecule has 1 amide bonds. The van der Waals surface area contributed by atoms with E-state index < -0.39 is 11.9 Å². The van der Waals surface area contributed by atoms with Crippen molar-refractivity contribution in [3.63, 3.8) is 0 Å². The van der Waals surface area contributed by atoms with Crippen LogP contribution in [0.25, 0.3) is 0 Å². The number of halogens is 1. The van der Waals surface area contributed by atoms with Crippen LogP contribution in [0.3, 0.4) is 0 Å². The molecule has 1 saturated heterocycles. The molecule has 0 radical (unpaired) electrons. The highest BCUT2D eigenvalue weighted by atomic mass is 19.1. The molecule has 1 aromatic heterocycles. The lowest BCUT2D eigenvalue weighted by molar-refractivity contribution is -0.140. The zero-order valence-corrected chi connectivity index (χ0v) is 16.7. The summed E-state index contributed by atoms with van der Waals surface area (Å²) in [5.74, 6) is 0.521. The van der Waals surface area contributed by atoms with Crippen LogP contribution in [-0.4, -0.2) is 46.5 Å². The van der Waals surface area contributed by atoms with E-state index >= 15 is 0 Å². The van der Waals surface area contributed by atoms with Gasteiger partial charge in [-0.2, -0.15) is 0 Å². The molecule has 3 heterocycles. The molecule has 29 heavy (non-hydrogen) atoms. The summed E-state index contributed by atoms with van der Waals surface area (Å²) in [5, 5.41) is 3.33. The van der Waals surface area contributed by atoms with Gasteiger partial charge in [0.25, 0.3) is 5.91 Å². The standard InChI is InChI=1S/C22H27FN4O2/c1-2-19(29-20-8-4-3-7-17(20)23)22(28)27-11-5-6-15(14-27)21-25-13-16-12-24-10-9-18(16)26-21/h3-4,7-8,13,15,19,24H,2,5-6,9-12,14H2,1H3. The molecule has 2 aliphatic heterocycles. The van der Waals surface area contributed by atoms with E-state index in [1.807, 2.05) is 18.0 Å². The Hall–Kier alpha value is -2.54. The highest BCUT2D eigenvalue weighted by molar-refractivity contribution is 5.81. The summed E-state index contributed by atoms with van der Waals surface area (Å²) in [6.07, 6.45) is 4.48. The van der Waals surface area contributed by atoms with E-state index in [0.717, 1.165) is 49.4 Å². The summed E-state index contributed by atoms with van der Waals surface area (Å²) in [7, 11) is 0. The largest absolute Gasteiger partial charge is 0.478 e. The number of likely N-dealkylation sites (tertiary alicyclic amines) is 1. The molecule has 2 atom stereocenters. The number of aromatic nitrogens is 2. The average Bonchev–Trinajstić information content (AvgIpc) is 2.78. The minimum Gasteiger partial charge on any atom is -0.478 e. The van der Waals surface area contributed by atoms with E-state index in [-0.39, 0.29) is 17.6 Å². The molecule has 4 rings (SSSR count). The van der Waals surface area contributed by atoms with Crippen molar-refractivity contribution >= 4 is 5.91 Å². The number of amides is 1. The lowest BCUT2D eigenvalue weighted by Gasteiger charge is -2.34. The predicted octanol–water partition coefficient (Wildman–Crippen LogP) is 2.83. The zero-order chi connectivity index (χ0) is 20.2. The Kier molecular flexibility index (Phi) is 6.04. The molecule has 2 aliphatic rings. The summed E-state index contributed by atoms with van der Waals surface area (Å²) in [6.45, 7) is 4.89. The van der Waals surface area contributed by atoms with Crippen LogP contribution in [0.4, 0.5) is 4.39 Å². The van der Waals surface area contributed by atoms with Crippen LogP contribution in [-0.2, 0) is 17.8 Å². The molecule has 1 N–H and O–H groups in total. The number of carbonyl (C=O) groups excluding carboxylic acids is 1. The maximum absolute atomic E-state index is 13.9. The fourth-order valence-corrected chi connectivity index (χ4v) is 4.04. The highest BCUT2D eigenvalue weighted by Crippen LogP contribution is 2.27. The van der Waals surface area contributed by atoms with Crippen molar-refractivity contribution in [2.24, 2.45) is 0 Å². The van der Waals surface area contributed by atoms with Gasteiger partial charge in [-0.1, -0.05) is 19.1 Å². The molecule has 7 heteroatoms. The van der Waals surface area contributed by atoms with Crippen LogP contribution in [0.15, 0.2) is 30.5 Å². The smallest absolute Gasteiger partial charge is 0.263 e.